The van der Waals surface area contributed by atoms with Gasteiger partial charge in [-0.2, -0.15) is 0 Å². The molecule has 0 N–H and O–H groups in total. The minimum absolute atomic E-state index is 0. The van der Waals surface area contributed by atoms with Gasteiger partial charge in [0.1, 0.15) is 11.5 Å². The van der Waals surface area contributed by atoms with Gasteiger partial charge < -0.3 is 9.47 Å². The van der Waals surface area contributed by atoms with E-state index in [4.69, 9.17) is 9.47 Å². The number of halogens is 2. The zero-order valence-corrected chi connectivity index (χ0v) is 29.9. The molecule has 0 spiro atoms. The minimum Gasteiger partial charge on any atom is -0.494 e. The summed E-state index contributed by atoms with van der Waals surface area (Å²) in [6.45, 7) is 9.68. The average Bonchev–Trinajstić information content (AvgIpc) is 3.07. The van der Waals surface area contributed by atoms with Crippen LogP contribution in [0, 0.1) is 0 Å². The Bertz CT molecular complexity index is 1030. The molecule has 0 saturated carbocycles. The molecule has 2 unspecified atom stereocenters. The van der Waals surface area contributed by atoms with E-state index in [2.05, 4.69) is 23.6 Å². The van der Waals surface area contributed by atoms with E-state index in [1.54, 1.807) is 0 Å². The van der Waals surface area contributed by atoms with E-state index in [-0.39, 0.29) is 48.5 Å². The second-order valence-electron chi connectivity index (χ2n) is 12.7. The third-order valence-electron chi connectivity index (χ3n) is 9.28. The molecule has 258 valence electrons. The number of carbonyl (C=O) groups excluding carboxylic acids is 2. The number of nitrogens with zero attached hydrogens (tertiary/aromatic N) is 2. The number of rotatable bonds is 19. The first kappa shape index (κ1) is 40.1. The van der Waals surface area contributed by atoms with Crippen molar-refractivity contribution in [3.8, 4) is 11.5 Å². The van der Waals surface area contributed by atoms with Crippen LogP contribution < -0.4 is 9.47 Å². The van der Waals surface area contributed by atoms with Gasteiger partial charge in [0, 0.05) is 11.1 Å². The van der Waals surface area contributed by atoms with Crippen molar-refractivity contribution in [1.29, 1.82) is 0 Å². The molecule has 2 saturated heterocycles. The topological polar surface area (TPSA) is 59.1 Å². The van der Waals surface area contributed by atoms with Gasteiger partial charge >= 0.3 is 0 Å². The van der Waals surface area contributed by atoms with Crippen molar-refractivity contribution < 1.29 is 19.1 Å². The van der Waals surface area contributed by atoms with Crippen LogP contribution >= 0.6 is 24.8 Å². The molecular formula is C38H58Cl2N2O4. The first-order chi connectivity index (χ1) is 21.6. The van der Waals surface area contributed by atoms with Crippen LogP contribution in [0.25, 0.3) is 0 Å². The molecule has 4 rings (SSSR count). The van der Waals surface area contributed by atoms with E-state index >= 15 is 0 Å². The molecule has 0 aliphatic carbocycles. The molecule has 2 fully saturated rings. The lowest BCUT2D eigenvalue weighted by molar-refractivity contribution is 0.0733. The van der Waals surface area contributed by atoms with Crippen molar-refractivity contribution in [2.45, 2.75) is 116 Å². The highest BCUT2D eigenvalue weighted by molar-refractivity contribution is 6.00. The number of ketones is 2. The Labute approximate surface area is 290 Å². The first-order valence-corrected chi connectivity index (χ1v) is 17.6. The van der Waals surface area contributed by atoms with Crippen molar-refractivity contribution in [1.82, 2.24) is 9.80 Å². The van der Waals surface area contributed by atoms with Crippen molar-refractivity contribution in [2.24, 2.45) is 0 Å². The number of ether oxygens (including phenoxy) is 2. The summed E-state index contributed by atoms with van der Waals surface area (Å²) >= 11 is 0. The number of hydrogen-bond acceptors (Lipinski definition) is 6. The normalized spacial score (nSPS) is 16.8. The Morgan fingerprint density at radius 3 is 1.24 bits per heavy atom. The van der Waals surface area contributed by atoms with E-state index in [1.807, 2.05) is 48.5 Å². The fourth-order valence-electron chi connectivity index (χ4n) is 6.58. The molecule has 2 heterocycles. The third-order valence-corrected chi connectivity index (χ3v) is 9.28. The maximum absolute atomic E-state index is 13.8. The van der Waals surface area contributed by atoms with Crippen molar-refractivity contribution in [3.05, 3.63) is 59.7 Å². The van der Waals surface area contributed by atoms with E-state index in [0.29, 0.717) is 13.2 Å². The number of hydrogen-bond donors (Lipinski definition) is 0. The van der Waals surface area contributed by atoms with Crippen LogP contribution in [-0.2, 0) is 0 Å². The summed E-state index contributed by atoms with van der Waals surface area (Å²) in [4.78, 5) is 32.5. The Kier molecular flexibility index (Phi) is 19.5. The molecule has 8 heteroatoms. The fourth-order valence-corrected chi connectivity index (χ4v) is 6.58. The van der Waals surface area contributed by atoms with Crippen molar-refractivity contribution >= 4 is 36.4 Å². The van der Waals surface area contributed by atoms with Gasteiger partial charge in [-0.3, -0.25) is 19.4 Å². The summed E-state index contributed by atoms with van der Waals surface area (Å²) in [6.07, 6.45) is 14.9. The van der Waals surface area contributed by atoms with Gasteiger partial charge in [0.2, 0.25) is 0 Å². The summed E-state index contributed by atoms with van der Waals surface area (Å²) in [7, 11) is 0. The minimum atomic E-state index is -0.105. The Morgan fingerprint density at radius 2 is 0.913 bits per heavy atom. The summed E-state index contributed by atoms with van der Waals surface area (Å²) < 4.78 is 11.7. The summed E-state index contributed by atoms with van der Waals surface area (Å²) in [5, 5.41) is 0. The number of carbonyl (C=O) groups is 2. The van der Waals surface area contributed by atoms with Gasteiger partial charge in [-0.1, -0.05) is 52.4 Å². The molecule has 0 aromatic heterocycles. The van der Waals surface area contributed by atoms with Gasteiger partial charge in [-0.25, -0.2) is 0 Å². The number of piperidine rings is 2. The van der Waals surface area contributed by atoms with Crippen LogP contribution in [0.15, 0.2) is 48.5 Å². The van der Waals surface area contributed by atoms with Crippen LogP contribution in [0.2, 0.25) is 0 Å². The van der Waals surface area contributed by atoms with Gasteiger partial charge in [-0.15, -0.1) is 24.8 Å². The Hall–Kier alpha value is -2.12. The fraction of sp³-hybridized carbons (Fsp3) is 0.632. The maximum Gasteiger partial charge on any atom is 0.179 e. The lowest BCUT2D eigenvalue weighted by atomic mass is 9.92. The highest BCUT2D eigenvalue weighted by atomic mass is 35.5. The molecule has 2 aromatic rings. The SMILES string of the molecule is CCCCOc1ccc(C(=O)C(CCCCC(C(=O)c2ccc(OCCCC)cc2)N2CCCCC2)N2CCCCC2)cc1.Cl.Cl. The number of benzene rings is 2. The van der Waals surface area contributed by atoms with Crippen LogP contribution in [-0.4, -0.2) is 72.8 Å². The predicted octanol–water partition coefficient (Wildman–Crippen LogP) is 9.22. The highest BCUT2D eigenvalue weighted by Gasteiger charge is 2.30. The van der Waals surface area contributed by atoms with Gasteiger partial charge in [0.25, 0.3) is 0 Å². The van der Waals surface area contributed by atoms with Crippen LogP contribution in [0.4, 0.5) is 0 Å². The second kappa shape index (κ2) is 22.4. The van der Waals surface area contributed by atoms with Gasteiger partial charge in [0.15, 0.2) is 11.6 Å². The average molecular weight is 678 g/mol. The Morgan fingerprint density at radius 1 is 0.565 bits per heavy atom. The molecule has 0 amide bonds. The first-order valence-electron chi connectivity index (χ1n) is 17.6. The highest BCUT2D eigenvalue weighted by Crippen LogP contribution is 2.25. The molecule has 6 nitrogen and oxygen atoms in total. The van der Waals surface area contributed by atoms with Gasteiger partial charge in [0.05, 0.1) is 25.3 Å². The van der Waals surface area contributed by atoms with Crippen LogP contribution in [0.1, 0.15) is 124 Å². The van der Waals surface area contributed by atoms with E-state index in [9.17, 15) is 9.59 Å². The zero-order valence-electron chi connectivity index (χ0n) is 28.3. The molecule has 0 bridgehead atoms. The third kappa shape index (κ3) is 12.5. The lowest BCUT2D eigenvalue weighted by Gasteiger charge is -2.35. The molecule has 2 atom stereocenters. The summed E-state index contributed by atoms with van der Waals surface area (Å²) in [5.74, 6) is 2.10. The largest absolute Gasteiger partial charge is 0.494 e. The standard InChI is InChI=1S/C38H56N2O4.2ClH/c1-3-5-29-43-33-21-17-31(18-22-33)37(41)35(39-25-11-7-12-26-39)15-9-10-16-36(40-27-13-8-14-28-40)38(42)32-19-23-34(24-20-32)44-30-6-4-2;;/h17-24,35-36H,3-16,25-30H2,1-2H3;2*1H. The van der Waals surface area contributed by atoms with E-state index < -0.39 is 0 Å². The van der Waals surface area contributed by atoms with Crippen molar-refractivity contribution in [3.63, 3.8) is 0 Å². The lowest BCUT2D eigenvalue weighted by Crippen LogP contribution is -2.45. The number of unbranched alkanes of at least 4 members (excludes halogenated alkanes) is 3. The van der Waals surface area contributed by atoms with E-state index in [0.717, 1.165) is 126 Å². The van der Waals surface area contributed by atoms with E-state index in [1.165, 1.54) is 12.8 Å². The molecule has 2 aromatic carbocycles. The smallest absolute Gasteiger partial charge is 0.179 e. The molecule has 2 aliphatic heterocycles. The van der Waals surface area contributed by atoms with Crippen LogP contribution in [0.3, 0.4) is 0 Å². The molecular weight excluding hydrogens is 619 g/mol. The zero-order chi connectivity index (χ0) is 31.0. The van der Waals surface area contributed by atoms with Crippen molar-refractivity contribution in [2.75, 3.05) is 39.4 Å². The van der Waals surface area contributed by atoms with Gasteiger partial charge in [-0.05, 0) is 126 Å². The second-order valence-corrected chi connectivity index (χ2v) is 12.7. The van der Waals surface area contributed by atoms with Crippen LogP contribution in [0.5, 0.6) is 11.5 Å². The quantitative estimate of drug-likeness (QED) is 0.109. The molecule has 2 aliphatic rings. The number of Topliss-reactive ketones (excluding diaryl/α,β-unsaturated/α-hetero) is 2. The monoisotopic (exact) mass is 676 g/mol. The molecule has 46 heavy (non-hydrogen) atoms. The predicted molar refractivity (Wildman–Crippen MR) is 194 cm³/mol. The Balaban J connectivity index is 0.00000368. The summed E-state index contributed by atoms with van der Waals surface area (Å²) in [6, 6.07) is 15.3. The molecule has 0 radical (unpaired) electrons. The maximum atomic E-state index is 13.8. The number of likely N-dealkylation sites (tertiary alicyclic amines) is 2. The summed E-state index contributed by atoms with van der Waals surface area (Å²) in [5.41, 5.74) is 1.54.